The average molecular weight is 342 g/mol. The third-order valence-corrected chi connectivity index (χ3v) is 4.23. The molecule has 2 rings (SSSR count). The number of alkyl halides is 1. The maximum atomic E-state index is 12.5. The van der Waals surface area contributed by atoms with Crippen molar-refractivity contribution in [3.05, 3.63) is 23.8 Å². The van der Waals surface area contributed by atoms with E-state index in [0.717, 1.165) is 31.3 Å². The molecule has 0 bridgehead atoms. The van der Waals surface area contributed by atoms with Crippen LogP contribution < -0.4 is 4.74 Å². The van der Waals surface area contributed by atoms with Crippen LogP contribution in [0.15, 0.2) is 18.2 Å². The van der Waals surface area contributed by atoms with Crippen molar-refractivity contribution in [1.29, 1.82) is 0 Å². The first-order valence-corrected chi connectivity index (χ1v) is 8.00. The summed E-state index contributed by atoms with van der Waals surface area (Å²) >= 11 is 3.46. The highest BCUT2D eigenvalue weighted by molar-refractivity contribution is 9.09. The van der Waals surface area contributed by atoms with Gasteiger partial charge in [-0.25, -0.2) is 0 Å². The lowest BCUT2D eigenvalue weighted by Crippen LogP contribution is -2.40. The van der Waals surface area contributed by atoms with Crippen LogP contribution in [0.5, 0.6) is 11.5 Å². The molecule has 1 aromatic carbocycles. The molecule has 4 nitrogen and oxygen atoms in total. The molecule has 0 saturated carbocycles. The van der Waals surface area contributed by atoms with Crippen LogP contribution in [0.4, 0.5) is 0 Å². The molecule has 1 aliphatic heterocycles. The van der Waals surface area contributed by atoms with E-state index in [1.54, 1.807) is 18.2 Å². The number of likely N-dealkylation sites (tertiary alicyclic amines) is 1. The number of hydrogen-bond acceptors (Lipinski definition) is 3. The molecule has 20 heavy (non-hydrogen) atoms. The minimum absolute atomic E-state index is 0.0670. The average Bonchev–Trinajstić information content (AvgIpc) is 2.47. The summed E-state index contributed by atoms with van der Waals surface area (Å²) in [6.45, 7) is 1.52. The van der Waals surface area contributed by atoms with Crippen molar-refractivity contribution >= 4 is 21.8 Å². The van der Waals surface area contributed by atoms with Gasteiger partial charge in [0.1, 0.15) is 0 Å². The van der Waals surface area contributed by atoms with Gasteiger partial charge in [0.15, 0.2) is 11.5 Å². The molecule has 1 aromatic rings. The standard InChI is InChI=1S/C15H20BrNO3/c1-20-13-6-2-5-12(14(13)18)15(19)17-9-3-4-11(10-17)7-8-16/h2,5-6,11,18H,3-4,7-10H2,1H3. The smallest absolute Gasteiger partial charge is 0.257 e. The number of carbonyl (C=O) groups is 1. The van der Waals surface area contributed by atoms with E-state index in [4.69, 9.17) is 4.74 Å². The van der Waals surface area contributed by atoms with Crippen LogP contribution in [-0.4, -0.2) is 41.4 Å². The van der Waals surface area contributed by atoms with Crippen molar-refractivity contribution in [3.8, 4) is 11.5 Å². The van der Waals surface area contributed by atoms with Gasteiger partial charge in [-0.1, -0.05) is 22.0 Å². The number of phenolic OH excluding ortho intramolecular Hbond substituents is 1. The van der Waals surface area contributed by atoms with Crippen LogP contribution in [0.1, 0.15) is 29.6 Å². The van der Waals surface area contributed by atoms with Crippen LogP contribution in [0, 0.1) is 5.92 Å². The summed E-state index contributed by atoms with van der Waals surface area (Å²) in [4.78, 5) is 14.4. The molecule has 0 spiro atoms. The van der Waals surface area contributed by atoms with E-state index >= 15 is 0 Å². The van der Waals surface area contributed by atoms with Crippen LogP contribution in [0.3, 0.4) is 0 Å². The minimum Gasteiger partial charge on any atom is -0.504 e. The summed E-state index contributed by atoms with van der Waals surface area (Å²) < 4.78 is 5.06. The number of amides is 1. The van der Waals surface area contributed by atoms with Crippen LogP contribution >= 0.6 is 15.9 Å². The highest BCUT2D eigenvalue weighted by Crippen LogP contribution is 2.31. The number of hydrogen-bond donors (Lipinski definition) is 1. The molecule has 0 aromatic heterocycles. The Morgan fingerprint density at radius 1 is 1.55 bits per heavy atom. The summed E-state index contributed by atoms with van der Waals surface area (Å²) in [6, 6.07) is 5.02. The molecule has 1 fully saturated rings. The van der Waals surface area contributed by atoms with E-state index < -0.39 is 0 Å². The van der Waals surface area contributed by atoms with E-state index in [-0.39, 0.29) is 11.7 Å². The largest absolute Gasteiger partial charge is 0.504 e. The first-order chi connectivity index (χ1) is 9.67. The number of carbonyl (C=O) groups excluding carboxylic acids is 1. The van der Waals surface area contributed by atoms with E-state index in [1.807, 2.05) is 4.90 Å². The fraction of sp³-hybridized carbons (Fsp3) is 0.533. The van der Waals surface area contributed by atoms with Crippen LogP contribution in [0.2, 0.25) is 0 Å². The molecule has 110 valence electrons. The molecule has 0 aliphatic carbocycles. The Balaban J connectivity index is 2.14. The molecule has 1 heterocycles. The Morgan fingerprint density at radius 2 is 2.35 bits per heavy atom. The summed E-state index contributed by atoms with van der Waals surface area (Å²) in [6.07, 6.45) is 3.27. The van der Waals surface area contributed by atoms with Crippen molar-refractivity contribution in [2.24, 2.45) is 5.92 Å². The van der Waals surface area contributed by atoms with Gasteiger partial charge in [-0.2, -0.15) is 0 Å². The lowest BCUT2D eigenvalue weighted by Gasteiger charge is -2.32. The topological polar surface area (TPSA) is 49.8 Å². The number of nitrogens with zero attached hydrogens (tertiary/aromatic N) is 1. The Kier molecular flexibility index (Phi) is 5.29. The zero-order valence-corrected chi connectivity index (χ0v) is 13.2. The number of piperidine rings is 1. The zero-order chi connectivity index (χ0) is 14.5. The highest BCUT2D eigenvalue weighted by Gasteiger charge is 2.26. The van der Waals surface area contributed by atoms with Gasteiger partial charge in [0.25, 0.3) is 5.91 Å². The van der Waals surface area contributed by atoms with Crippen molar-refractivity contribution in [3.63, 3.8) is 0 Å². The maximum absolute atomic E-state index is 12.5. The number of rotatable bonds is 4. The van der Waals surface area contributed by atoms with Crippen molar-refractivity contribution in [1.82, 2.24) is 4.90 Å². The molecule has 1 unspecified atom stereocenters. The van der Waals surface area contributed by atoms with Gasteiger partial charge in [0, 0.05) is 18.4 Å². The van der Waals surface area contributed by atoms with Gasteiger partial charge in [0.2, 0.25) is 0 Å². The summed E-state index contributed by atoms with van der Waals surface area (Å²) in [5.74, 6) is 0.702. The van der Waals surface area contributed by atoms with E-state index in [0.29, 0.717) is 17.2 Å². The molecule has 1 atom stereocenters. The van der Waals surface area contributed by atoms with Crippen LogP contribution in [-0.2, 0) is 0 Å². The normalized spacial score (nSPS) is 18.9. The fourth-order valence-corrected chi connectivity index (χ4v) is 3.32. The van der Waals surface area contributed by atoms with Crippen molar-refractivity contribution in [2.45, 2.75) is 19.3 Å². The first kappa shape index (κ1) is 15.2. The van der Waals surface area contributed by atoms with Gasteiger partial charge in [-0.05, 0) is 37.3 Å². The lowest BCUT2D eigenvalue weighted by molar-refractivity contribution is 0.0668. The summed E-state index contributed by atoms with van der Waals surface area (Å²) in [5.41, 5.74) is 0.323. The van der Waals surface area contributed by atoms with E-state index in [2.05, 4.69) is 15.9 Å². The van der Waals surface area contributed by atoms with Crippen LogP contribution in [0.25, 0.3) is 0 Å². The number of halogens is 1. The lowest BCUT2D eigenvalue weighted by atomic mass is 9.95. The second-order valence-electron chi connectivity index (χ2n) is 5.09. The second kappa shape index (κ2) is 6.97. The predicted molar refractivity (Wildman–Crippen MR) is 81.7 cm³/mol. The molecule has 1 N–H and O–H groups in total. The van der Waals surface area contributed by atoms with Gasteiger partial charge in [0.05, 0.1) is 12.7 Å². The number of benzene rings is 1. The Hall–Kier alpha value is -1.23. The number of aromatic hydroxyl groups is 1. The molecule has 0 radical (unpaired) electrons. The minimum atomic E-state index is -0.110. The van der Waals surface area contributed by atoms with Gasteiger partial charge in [-0.15, -0.1) is 0 Å². The van der Waals surface area contributed by atoms with Crippen molar-refractivity contribution in [2.75, 3.05) is 25.5 Å². The third-order valence-electron chi connectivity index (χ3n) is 3.77. The zero-order valence-electron chi connectivity index (χ0n) is 11.6. The van der Waals surface area contributed by atoms with Gasteiger partial charge in [-0.3, -0.25) is 4.79 Å². The Morgan fingerprint density at radius 3 is 3.05 bits per heavy atom. The maximum Gasteiger partial charge on any atom is 0.257 e. The molecular formula is C15H20BrNO3. The summed E-state index contributed by atoms with van der Waals surface area (Å²) in [5, 5.41) is 11.0. The van der Waals surface area contributed by atoms with E-state index in [9.17, 15) is 9.90 Å². The van der Waals surface area contributed by atoms with E-state index in [1.165, 1.54) is 13.5 Å². The molecule has 1 saturated heterocycles. The van der Waals surface area contributed by atoms with Gasteiger partial charge < -0.3 is 14.7 Å². The number of para-hydroxylation sites is 1. The monoisotopic (exact) mass is 341 g/mol. The Bertz CT molecular complexity index is 476. The quantitative estimate of drug-likeness (QED) is 0.856. The highest BCUT2D eigenvalue weighted by atomic mass is 79.9. The molecule has 1 amide bonds. The first-order valence-electron chi connectivity index (χ1n) is 6.88. The second-order valence-corrected chi connectivity index (χ2v) is 5.89. The summed E-state index contributed by atoms with van der Waals surface area (Å²) in [7, 11) is 1.48. The molecule has 1 aliphatic rings. The SMILES string of the molecule is COc1cccc(C(=O)N2CCCC(CCBr)C2)c1O. The number of ether oxygens (including phenoxy) is 1. The van der Waals surface area contributed by atoms with Crippen molar-refractivity contribution < 1.29 is 14.6 Å². The molecular weight excluding hydrogens is 322 g/mol. The van der Waals surface area contributed by atoms with Gasteiger partial charge >= 0.3 is 0 Å². The fourth-order valence-electron chi connectivity index (χ4n) is 2.67. The Labute approximate surface area is 127 Å². The third kappa shape index (κ3) is 3.26. The predicted octanol–water partition coefficient (Wildman–Crippen LogP) is 3.04. The number of methoxy groups -OCH3 is 1. The number of phenols is 1. The molecule has 5 heteroatoms.